The van der Waals surface area contributed by atoms with Gasteiger partial charge in [0, 0.05) is 23.8 Å². The summed E-state index contributed by atoms with van der Waals surface area (Å²) in [7, 11) is 2.02. The highest BCUT2D eigenvalue weighted by atomic mass is 35.5. The van der Waals surface area contributed by atoms with Crippen molar-refractivity contribution in [2.75, 3.05) is 36.9 Å². The quantitative estimate of drug-likeness (QED) is 0.574. The van der Waals surface area contributed by atoms with E-state index in [1.165, 1.54) is 11.3 Å². The molecule has 1 amide bonds. The van der Waals surface area contributed by atoms with Gasteiger partial charge < -0.3 is 15.0 Å². The number of nitrogens with one attached hydrogen (secondary N) is 1. The molecule has 2 aromatic carbocycles. The number of halogens is 1. The van der Waals surface area contributed by atoms with Crippen LogP contribution in [0, 0.1) is 0 Å². The van der Waals surface area contributed by atoms with E-state index in [1.54, 1.807) is 24.3 Å². The SMILES string of the molecule is CCN1CC(CN(C)Cc2nnc(C(=O)Nc3ccc(Cl)cc3)s2)Oc2ccccc21. The summed E-state index contributed by atoms with van der Waals surface area (Å²) in [5, 5.41) is 12.8. The molecule has 3 aromatic rings. The Morgan fingerprint density at radius 2 is 2.03 bits per heavy atom. The maximum Gasteiger partial charge on any atom is 0.286 e. The van der Waals surface area contributed by atoms with Gasteiger partial charge >= 0.3 is 0 Å². The molecule has 0 radical (unpaired) electrons. The minimum Gasteiger partial charge on any atom is -0.485 e. The summed E-state index contributed by atoms with van der Waals surface area (Å²) in [5.74, 6) is 0.644. The summed E-state index contributed by atoms with van der Waals surface area (Å²) in [4.78, 5) is 16.9. The molecule has 1 aliphatic heterocycles. The number of carbonyl (C=O) groups excluding carboxylic acids is 1. The Bertz CT molecular complexity index is 1040. The summed E-state index contributed by atoms with van der Waals surface area (Å²) in [6.07, 6.45) is 0.0560. The smallest absolute Gasteiger partial charge is 0.286 e. The van der Waals surface area contributed by atoms with Crippen molar-refractivity contribution in [3.05, 3.63) is 63.6 Å². The van der Waals surface area contributed by atoms with Gasteiger partial charge in [-0.3, -0.25) is 9.69 Å². The van der Waals surface area contributed by atoms with Crippen molar-refractivity contribution in [3.63, 3.8) is 0 Å². The minimum atomic E-state index is -0.278. The molecular formula is C22H24ClN5O2S. The number of hydrogen-bond acceptors (Lipinski definition) is 7. The average molecular weight is 458 g/mol. The molecule has 1 atom stereocenters. The van der Waals surface area contributed by atoms with Crippen LogP contribution in [0.5, 0.6) is 5.75 Å². The zero-order chi connectivity index (χ0) is 21.8. The van der Waals surface area contributed by atoms with Crippen LogP contribution >= 0.6 is 22.9 Å². The van der Waals surface area contributed by atoms with E-state index < -0.39 is 0 Å². The van der Waals surface area contributed by atoms with Crippen molar-refractivity contribution < 1.29 is 9.53 Å². The first-order chi connectivity index (χ1) is 15.0. The van der Waals surface area contributed by atoms with Gasteiger partial charge in [-0.05, 0) is 50.4 Å². The number of benzene rings is 2. The van der Waals surface area contributed by atoms with E-state index in [0.717, 1.165) is 36.1 Å². The molecule has 31 heavy (non-hydrogen) atoms. The summed E-state index contributed by atoms with van der Waals surface area (Å²) >= 11 is 7.17. The van der Waals surface area contributed by atoms with E-state index in [1.807, 2.05) is 25.2 Å². The molecule has 0 fully saturated rings. The van der Waals surface area contributed by atoms with Crippen molar-refractivity contribution in [1.29, 1.82) is 0 Å². The lowest BCUT2D eigenvalue weighted by atomic mass is 10.2. The van der Waals surface area contributed by atoms with Gasteiger partial charge in [0.15, 0.2) is 0 Å². The van der Waals surface area contributed by atoms with Gasteiger partial charge in [0.05, 0.1) is 18.8 Å². The van der Waals surface area contributed by atoms with Crippen LogP contribution in [0.2, 0.25) is 5.02 Å². The molecular weight excluding hydrogens is 434 g/mol. The number of hydrogen-bond donors (Lipinski definition) is 1. The summed E-state index contributed by atoms with van der Waals surface area (Å²) in [5.41, 5.74) is 1.81. The molecule has 2 heterocycles. The Balaban J connectivity index is 1.33. The highest BCUT2D eigenvalue weighted by molar-refractivity contribution is 7.13. The third-order valence-electron chi connectivity index (χ3n) is 4.99. The fourth-order valence-corrected chi connectivity index (χ4v) is 4.48. The Hall–Kier alpha value is -2.68. The van der Waals surface area contributed by atoms with Gasteiger partial charge in [-0.25, -0.2) is 0 Å². The van der Waals surface area contributed by atoms with Gasteiger partial charge in [-0.2, -0.15) is 0 Å². The fraction of sp³-hybridized carbons (Fsp3) is 0.318. The third-order valence-corrected chi connectivity index (χ3v) is 6.15. The molecule has 0 aliphatic carbocycles. The monoisotopic (exact) mass is 457 g/mol. The summed E-state index contributed by atoms with van der Waals surface area (Å²) < 4.78 is 6.20. The average Bonchev–Trinajstić information content (AvgIpc) is 3.23. The fourth-order valence-electron chi connectivity index (χ4n) is 3.54. The Morgan fingerprint density at radius 3 is 2.81 bits per heavy atom. The number of rotatable bonds is 7. The van der Waals surface area contributed by atoms with Crippen LogP contribution in [-0.4, -0.2) is 53.8 Å². The van der Waals surface area contributed by atoms with E-state index in [2.05, 4.69) is 38.3 Å². The predicted octanol–water partition coefficient (Wildman–Crippen LogP) is 4.16. The minimum absolute atomic E-state index is 0.0560. The second-order valence-electron chi connectivity index (χ2n) is 7.40. The van der Waals surface area contributed by atoms with Crippen molar-refractivity contribution in [2.45, 2.75) is 19.6 Å². The molecule has 9 heteroatoms. The number of fused-ring (bicyclic) bond motifs is 1. The van der Waals surface area contributed by atoms with Gasteiger partial charge in [-0.1, -0.05) is 35.1 Å². The summed E-state index contributed by atoms with van der Waals surface area (Å²) in [6.45, 7) is 5.27. The first kappa shape index (κ1) is 21.5. The highest BCUT2D eigenvalue weighted by Crippen LogP contribution is 2.33. The lowest BCUT2D eigenvalue weighted by Gasteiger charge is -2.37. The van der Waals surface area contributed by atoms with E-state index >= 15 is 0 Å². The second kappa shape index (κ2) is 9.64. The summed E-state index contributed by atoms with van der Waals surface area (Å²) in [6, 6.07) is 15.1. The van der Waals surface area contributed by atoms with Gasteiger partial charge in [0.1, 0.15) is 16.9 Å². The van der Waals surface area contributed by atoms with Crippen LogP contribution in [0.15, 0.2) is 48.5 Å². The molecule has 0 saturated carbocycles. The first-order valence-electron chi connectivity index (χ1n) is 10.1. The van der Waals surface area contributed by atoms with Crippen LogP contribution < -0.4 is 15.0 Å². The molecule has 1 unspecified atom stereocenters. The van der Waals surface area contributed by atoms with E-state index in [-0.39, 0.29) is 12.0 Å². The standard InChI is InChI=1S/C22H24ClN5O2S/c1-3-28-13-17(30-19-7-5-4-6-18(19)28)12-27(2)14-20-25-26-22(31-20)21(29)24-16-10-8-15(23)9-11-16/h4-11,17H,3,12-14H2,1-2H3,(H,24,29). The molecule has 1 N–H and O–H groups in total. The number of carbonyl (C=O) groups is 1. The van der Waals surface area contributed by atoms with Crippen molar-refractivity contribution in [3.8, 4) is 5.75 Å². The molecule has 1 aliphatic rings. The second-order valence-corrected chi connectivity index (χ2v) is 8.90. The zero-order valence-corrected chi connectivity index (χ0v) is 19.0. The van der Waals surface area contributed by atoms with Crippen molar-refractivity contribution >= 4 is 40.2 Å². The normalized spacial score (nSPS) is 15.5. The number of aromatic nitrogens is 2. The molecule has 7 nitrogen and oxygen atoms in total. The van der Waals surface area contributed by atoms with Crippen LogP contribution in [0.1, 0.15) is 21.7 Å². The molecule has 0 saturated heterocycles. The molecule has 162 valence electrons. The topological polar surface area (TPSA) is 70.6 Å². The largest absolute Gasteiger partial charge is 0.485 e. The number of ether oxygens (including phenoxy) is 1. The lowest BCUT2D eigenvalue weighted by Crippen LogP contribution is -2.45. The van der Waals surface area contributed by atoms with Crippen LogP contribution in [0.3, 0.4) is 0 Å². The Kier molecular flexibility index (Phi) is 6.70. The molecule has 4 rings (SSSR count). The van der Waals surface area contributed by atoms with E-state index in [0.29, 0.717) is 22.3 Å². The lowest BCUT2D eigenvalue weighted by molar-refractivity contribution is 0.102. The highest BCUT2D eigenvalue weighted by Gasteiger charge is 2.26. The first-order valence-corrected chi connectivity index (χ1v) is 11.3. The number of para-hydroxylation sites is 2. The van der Waals surface area contributed by atoms with Crippen LogP contribution in [0.25, 0.3) is 0 Å². The van der Waals surface area contributed by atoms with Gasteiger partial charge in [-0.15, -0.1) is 10.2 Å². The van der Waals surface area contributed by atoms with E-state index in [9.17, 15) is 4.79 Å². The molecule has 0 bridgehead atoms. The molecule has 1 aromatic heterocycles. The van der Waals surface area contributed by atoms with Gasteiger partial charge in [0.25, 0.3) is 5.91 Å². The van der Waals surface area contributed by atoms with Crippen molar-refractivity contribution in [1.82, 2.24) is 15.1 Å². The third kappa shape index (κ3) is 5.33. The Morgan fingerprint density at radius 1 is 1.26 bits per heavy atom. The number of amides is 1. The van der Waals surface area contributed by atoms with Crippen molar-refractivity contribution in [2.24, 2.45) is 0 Å². The van der Waals surface area contributed by atoms with Crippen LogP contribution in [0.4, 0.5) is 11.4 Å². The predicted molar refractivity (Wildman–Crippen MR) is 124 cm³/mol. The number of likely N-dealkylation sites (N-methyl/N-ethyl adjacent to an activating group) is 2. The number of nitrogens with zero attached hydrogens (tertiary/aromatic N) is 4. The van der Waals surface area contributed by atoms with Gasteiger partial charge in [0.2, 0.25) is 5.01 Å². The maximum absolute atomic E-state index is 12.4. The zero-order valence-electron chi connectivity index (χ0n) is 17.4. The maximum atomic E-state index is 12.4. The van der Waals surface area contributed by atoms with Crippen LogP contribution in [-0.2, 0) is 6.54 Å². The molecule has 0 spiro atoms. The Labute approximate surface area is 190 Å². The number of anilines is 2. The van der Waals surface area contributed by atoms with E-state index in [4.69, 9.17) is 16.3 Å².